The van der Waals surface area contributed by atoms with Crippen LogP contribution in [-0.4, -0.2) is 16.3 Å². The molecule has 0 radical (unpaired) electrons. The van der Waals surface area contributed by atoms with Gasteiger partial charge in [0.2, 0.25) is 0 Å². The topological polar surface area (TPSA) is 37.3 Å². The van der Waals surface area contributed by atoms with Crippen molar-refractivity contribution in [2.75, 3.05) is 0 Å². The molecular weight excluding hydrogens is 196 g/mol. The van der Waals surface area contributed by atoms with Crippen LogP contribution in [0.15, 0.2) is 29.2 Å². The molecule has 1 aromatic rings. The summed E-state index contributed by atoms with van der Waals surface area (Å²) >= 11 is 1.62. The predicted octanol–water partition coefficient (Wildman–Crippen LogP) is 2.95. The molecule has 0 aliphatic carbocycles. The Labute approximate surface area is 88.3 Å². The average Bonchev–Trinajstić information content (AvgIpc) is 2.07. The highest BCUT2D eigenvalue weighted by Gasteiger charge is 2.09. The Balaban J connectivity index is 2.60. The Morgan fingerprint density at radius 3 is 2.71 bits per heavy atom. The molecule has 14 heavy (non-hydrogen) atoms. The Hall–Kier alpha value is -0.960. The monoisotopic (exact) mass is 210 g/mol. The minimum absolute atomic E-state index is 0.119. The first-order valence-corrected chi connectivity index (χ1v) is 5.41. The molecule has 1 aromatic carbocycles. The summed E-state index contributed by atoms with van der Waals surface area (Å²) in [6.07, 6.45) is 0.207. The van der Waals surface area contributed by atoms with Gasteiger partial charge in [0.15, 0.2) is 0 Å². The normalized spacial score (nSPS) is 12.4. The Morgan fingerprint density at radius 1 is 1.50 bits per heavy atom. The third kappa shape index (κ3) is 3.42. The van der Waals surface area contributed by atoms with E-state index < -0.39 is 5.97 Å². The zero-order chi connectivity index (χ0) is 10.6. The first-order valence-electron chi connectivity index (χ1n) is 4.53. The molecule has 0 amide bonds. The molecular formula is C11H14O2S. The number of rotatable bonds is 4. The number of carbonyl (C=O) groups is 1. The molecule has 0 saturated carbocycles. The van der Waals surface area contributed by atoms with Crippen molar-refractivity contribution in [2.24, 2.45) is 0 Å². The molecule has 0 aromatic heterocycles. The molecule has 76 valence electrons. The van der Waals surface area contributed by atoms with E-state index in [0.717, 1.165) is 0 Å². The molecule has 0 bridgehead atoms. The van der Waals surface area contributed by atoms with E-state index in [1.165, 1.54) is 10.5 Å². The van der Waals surface area contributed by atoms with Gasteiger partial charge in [0, 0.05) is 10.1 Å². The molecule has 0 aliphatic heterocycles. The van der Waals surface area contributed by atoms with Gasteiger partial charge >= 0.3 is 5.97 Å². The number of benzene rings is 1. The molecule has 2 nitrogen and oxygen atoms in total. The number of aliphatic carboxylic acids is 1. The van der Waals surface area contributed by atoms with E-state index in [1.807, 2.05) is 38.1 Å². The highest BCUT2D eigenvalue weighted by molar-refractivity contribution is 8.00. The van der Waals surface area contributed by atoms with Gasteiger partial charge in [0.05, 0.1) is 6.42 Å². The fraction of sp³-hybridized carbons (Fsp3) is 0.364. The van der Waals surface area contributed by atoms with Crippen molar-refractivity contribution >= 4 is 17.7 Å². The number of hydrogen-bond donors (Lipinski definition) is 1. The lowest BCUT2D eigenvalue weighted by molar-refractivity contribution is -0.136. The van der Waals surface area contributed by atoms with Crippen LogP contribution in [0, 0.1) is 6.92 Å². The maximum atomic E-state index is 10.5. The molecule has 1 rings (SSSR count). The van der Waals surface area contributed by atoms with Crippen molar-refractivity contribution < 1.29 is 9.90 Å². The lowest BCUT2D eigenvalue weighted by Crippen LogP contribution is -2.05. The molecule has 0 fully saturated rings. The lowest BCUT2D eigenvalue weighted by Gasteiger charge is -2.10. The zero-order valence-corrected chi connectivity index (χ0v) is 9.17. The van der Waals surface area contributed by atoms with Gasteiger partial charge in [-0.3, -0.25) is 4.79 Å². The van der Waals surface area contributed by atoms with Crippen molar-refractivity contribution in [3.63, 3.8) is 0 Å². The van der Waals surface area contributed by atoms with Crippen LogP contribution in [-0.2, 0) is 4.79 Å². The van der Waals surface area contributed by atoms with Gasteiger partial charge < -0.3 is 5.11 Å². The van der Waals surface area contributed by atoms with Gasteiger partial charge in [-0.15, -0.1) is 11.8 Å². The summed E-state index contributed by atoms with van der Waals surface area (Å²) in [6.45, 7) is 3.97. The smallest absolute Gasteiger partial charge is 0.304 e. The van der Waals surface area contributed by atoms with Crippen molar-refractivity contribution in [3.8, 4) is 0 Å². The number of hydrogen-bond acceptors (Lipinski definition) is 2. The van der Waals surface area contributed by atoms with E-state index >= 15 is 0 Å². The third-order valence-electron chi connectivity index (χ3n) is 1.88. The van der Waals surface area contributed by atoms with Crippen molar-refractivity contribution in [3.05, 3.63) is 29.8 Å². The zero-order valence-electron chi connectivity index (χ0n) is 8.36. The average molecular weight is 210 g/mol. The van der Waals surface area contributed by atoms with E-state index in [1.54, 1.807) is 11.8 Å². The molecule has 0 aliphatic rings. The van der Waals surface area contributed by atoms with Crippen LogP contribution in [0.5, 0.6) is 0 Å². The number of carboxylic acid groups (broad SMARTS) is 1. The number of aryl methyl sites for hydroxylation is 1. The quantitative estimate of drug-likeness (QED) is 0.776. The highest BCUT2D eigenvalue weighted by atomic mass is 32.2. The van der Waals surface area contributed by atoms with Gasteiger partial charge in [0.25, 0.3) is 0 Å². The summed E-state index contributed by atoms with van der Waals surface area (Å²) in [7, 11) is 0. The van der Waals surface area contributed by atoms with Crippen LogP contribution in [0.25, 0.3) is 0 Å². The highest BCUT2D eigenvalue weighted by Crippen LogP contribution is 2.27. The summed E-state index contributed by atoms with van der Waals surface area (Å²) in [5.74, 6) is -0.737. The maximum absolute atomic E-state index is 10.5. The molecule has 3 heteroatoms. The second-order valence-electron chi connectivity index (χ2n) is 3.29. The third-order valence-corrected chi connectivity index (χ3v) is 3.16. The number of thioether (sulfide) groups is 1. The molecule has 0 unspecified atom stereocenters. The van der Waals surface area contributed by atoms with Gasteiger partial charge in [0.1, 0.15) is 0 Å². The molecule has 0 spiro atoms. The summed E-state index contributed by atoms with van der Waals surface area (Å²) in [5, 5.41) is 8.74. The second kappa shape index (κ2) is 5.05. The van der Waals surface area contributed by atoms with Gasteiger partial charge in [-0.25, -0.2) is 0 Å². The standard InChI is InChI=1S/C11H14O2S/c1-8-5-3-4-6-10(8)14-9(2)7-11(12)13/h3-6,9H,7H2,1-2H3,(H,12,13)/t9-/m0/s1. The Bertz CT molecular complexity index is 323. The van der Waals surface area contributed by atoms with E-state index in [4.69, 9.17) is 5.11 Å². The fourth-order valence-electron chi connectivity index (χ4n) is 1.19. The summed E-state index contributed by atoms with van der Waals surface area (Å²) in [4.78, 5) is 11.6. The Morgan fingerprint density at radius 2 is 2.14 bits per heavy atom. The second-order valence-corrected chi connectivity index (χ2v) is 4.77. The largest absolute Gasteiger partial charge is 0.481 e. The SMILES string of the molecule is Cc1ccccc1S[C@@H](C)CC(=O)O. The first-order chi connectivity index (χ1) is 6.59. The molecule has 1 N–H and O–H groups in total. The molecule has 0 saturated heterocycles. The van der Waals surface area contributed by atoms with Crippen LogP contribution < -0.4 is 0 Å². The van der Waals surface area contributed by atoms with Crippen molar-refractivity contribution in [2.45, 2.75) is 30.4 Å². The van der Waals surface area contributed by atoms with E-state index in [-0.39, 0.29) is 11.7 Å². The lowest BCUT2D eigenvalue weighted by atomic mass is 10.2. The first kappa shape index (κ1) is 11.1. The summed E-state index contributed by atoms with van der Waals surface area (Å²) in [5.41, 5.74) is 1.20. The fourth-order valence-corrected chi connectivity index (χ4v) is 2.26. The van der Waals surface area contributed by atoms with Gasteiger partial charge in [-0.05, 0) is 18.6 Å². The predicted molar refractivity (Wildman–Crippen MR) is 58.8 cm³/mol. The summed E-state index contributed by atoms with van der Waals surface area (Å²) in [6, 6.07) is 8.03. The van der Waals surface area contributed by atoms with Gasteiger partial charge in [-0.1, -0.05) is 25.1 Å². The number of carboxylic acids is 1. The van der Waals surface area contributed by atoms with E-state index in [0.29, 0.717) is 0 Å². The van der Waals surface area contributed by atoms with Crippen LogP contribution in [0.2, 0.25) is 0 Å². The van der Waals surface area contributed by atoms with Crippen LogP contribution in [0.4, 0.5) is 0 Å². The maximum Gasteiger partial charge on any atom is 0.304 e. The van der Waals surface area contributed by atoms with Crippen molar-refractivity contribution in [1.29, 1.82) is 0 Å². The molecule has 1 atom stereocenters. The van der Waals surface area contributed by atoms with Crippen LogP contribution in [0.1, 0.15) is 18.9 Å². The van der Waals surface area contributed by atoms with E-state index in [2.05, 4.69) is 0 Å². The van der Waals surface area contributed by atoms with E-state index in [9.17, 15) is 4.79 Å². The molecule has 0 heterocycles. The van der Waals surface area contributed by atoms with Crippen LogP contribution >= 0.6 is 11.8 Å². The van der Waals surface area contributed by atoms with Crippen molar-refractivity contribution in [1.82, 2.24) is 0 Å². The minimum atomic E-state index is -0.737. The summed E-state index contributed by atoms with van der Waals surface area (Å²) < 4.78 is 0. The van der Waals surface area contributed by atoms with Crippen LogP contribution in [0.3, 0.4) is 0 Å². The van der Waals surface area contributed by atoms with Gasteiger partial charge in [-0.2, -0.15) is 0 Å². The minimum Gasteiger partial charge on any atom is -0.481 e. The Kier molecular flexibility index (Phi) is 4.01.